The van der Waals surface area contributed by atoms with Crippen LogP contribution in [0.15, 0.2) is 48.6 Å². The van der Waals surface area contributed by atoms with E-state index in [1.807, 2.05) is 12.2 Å². The van der Waals surface area contributed by atoms with Crippen molar-refractivity contribution in [3.63, 3.8) is 0 Å². The molecular formula is C32H46F2N2O4Si2. The molecule has 2 atom stereocenters. The quantitative estimate of drug-likeness (QED) is 0.277. The molecule has 2 aromatic rings. The van der Waals surface area contributed by atoms with E-state index >= 15 is 8.78 Å². The van der Waals surface area contributed by atoms with Gasteiger partial charge in [0.15, 0.2) is 16.6 Å². The Bertz CT molecular complexity index is 1260. The van der Waals surface area contributed by atoms with E-state index in [-0.39, 0.29) is 33.4 Å². The van der Waals surface area contributed by atoms with Crippen molar-refractivity contribution >= 4 is 28.0 Å². The Hall–Kier alpha value is -2.35. The molecule has 2 heterocycles. The standard InChI is InChI=1S/C32H46F2N2O4Si2/c1-31(2,3)41(7,8)37-19-23-17-29(35-39-23)21-11-13-25(27(33)15-21)26-14-12-22(16-28(26)34)30-18-24(40-36-30)20-38-42(9,10)32(4,5)6/h11-18,23-24,35-36H,19-20H2,1-10H3. The first-order valence-electron chi connectivity index (χ1n) is 14.5. The minimum atomic E-state index is -1.92. The number of hydrogen-bond donors (Lipinski definition) is 2. The Balaban J connectivity index is 1.43. The Labute approximate surface area is 251 Å². The molecule has 0 fully saturated rings. The second-order valence-corrected chi connectivity index (χ2v) is 23.8. The van der Waals surface area contributed by atoms with Gasteiger partial charge in [-0.1, -0.05) is 65.8 Å². The molecule has 2 aromatic carbocycles. The number of halogens is 2. The summed E-state index contributed by atoms with van der Waals surface area (Å²) in [6.45, 7) is 22.7. The Morgan fingerprint density at radius 3 is 1.33 bits per heavy atom. The molecule has 10 heteroatoms. The molecule has 2 unspecified atom stereocenters. The van der Waals surface area contributed by atoms with Crippen LogP contribution in [0.3, 0.4) is 0 Å². The lowest BCUT2D eigenvalue weighted by molar-refractivity contribution is 0.0203. The highest BCUT2D eigenvalue weighted by Gasteiger charge is 2.39. The first-order chi connectivity index (χ1) is 19.4. The van der Waals surface area contributed by atoms with Crippen molar-refractivity contribution in [1.29, 1.82) is 0 Å². The van der Waals surface area contributed by atoms with Crippen LogP contribution in [0.5, 0.6) is 0 Å². The summed E-state index contributed by atoms with van der Waals surface area (Å²) in [6.07, 6.45) is 3.24. The lowest BCUT2D eigenvalue weighted by atomic mass is 9.99. The van der Waals surface area contributed by atoms with Crippen molar-refractivity contribution in [3.8, 4) is 11.1 Å². The molecule has 0 aromatic heterocycles. The fraction of sp³-hybridized carbons (Fsp3) is 0.500. The van der Waals surface area contributed by atoms with Gasteiger partial charge in [0.2, 0.25) is 0 Å². The Morgan fingerprint density at radius 1 is 0.667 bits per heavy atom. The highest BCUT2D eigenvalue weighted by atomic mass is 28.4. The lowest BCUT2D eigenvalue weighted by Gasteiger charge is -2.36. The zero-order chi connectivity index (χ0) is 31.1. The van der Waals surface area contributed by atoms with Gasteiger partial charge in [0, 0.05) is 22.3 Å². The second-order valence-electron chi connectivity index (χ2n) is 14.2. The number of nitrogens with one attached hydrogen (secondary N) is 2. The van der Waals surface area contributed by atoms with Crippen molar-refractivity contribution in [2.24, 2.45) is 0 Å². The van der Waals surface area contributed by atoms with Crippen molar-refractivity contribution in [1.82, 2.24) is 11.0 Å². The fourth-order valence-corrected chi connectivity index (χ4v) is 6.10. The maximum atomic E-state index is 15.3. The number of hydroxylamine groups is 2. The summed E-state index contributed by atoms with van der Waals surface area (Å²) in [4.78, 5) is 11.3. The van der Waals surface area contributed by atoms with Crippen LogP contribution < -0.4 is 11.0 Å². The topological polar surface area (TPSA) is 61.0 Å². The summed E-state index contributed by atoms with van der Waals surface area (Å²) in [6, 6.07) is 9.48. The summed E-state index contributed by atoms with van der Waals surface area (Å²) in [5.74, 6) is -1.04. The average Bonchev–Trinajstić information content (AvgIpc) is 3.55. The van der Waals surface area contributed by atoms with Crippen LogP contribution in [0.4, 0.5) is 8.78 Å². The Kier molecular flexibility index (Phi) is 9.28. The van der Waals surface area contributed by atoms with Crippen LogP contribution in [0.1, 0.15) is 52.7 Å². The maximum absolute atomic E-state index is 15.3. The molecule has 2 N–H and O–H groups in total. The van der Waals surface area contributed by atoms with Crippen molar-refractivity contribution in [2.45, 2.75) is 90.0 Å². The summed E-state index contributed by atoms with van der Waals surface area (Å²) < 4.78 is 43.1. The molecule has 2 aliphatic rings. The van der Waals surface area contributed by atoms with E-state index in [0.29, 0.717) is 35.7 Å². The molecule has 0 radical (unpaired) electrons. The minimum Gasteiger partial charge on any atom is -0.414 e. The molecule has 230 valence electrons. The molecule has 0 bridgehead atoms. The monoisotopic (exact) mass is 616 g/mol. The van der Waals surface area contributed by atoms with Crippen molar-refractivity contribution < 1.29 is 27.3 Å². The highest BCUT2D eigenvalue weighted by Crippen LogP contribution is 2.38. The van der Waals surface area contributed by atoms with E-state index in [1.54, 1.807) is 24.3 Å². The minimum absolute atomic E-state index is 0.0956. The van der Waals surface area contributed by atoms with Gasteiger partial charge in [0.25, 0.3) is 0 Å². The van der Waals surface area contributed by atoms with E-state index < -0.39 is 28.3 Å². The molecule has 4 rings (SSSR count). The predicted molar refractivity (Wildman–Crippen MR) is 170 cm³/mol. The highest BCUT2D eigenvalue weighted by molar-refractivity contribution is 6.74. The SMILES string of the molecule is CC(C)(C)[Si](C)(C)OCC1C=C(c2ccc(-c3ccc(C4=CC(CO[Si](C)(C)C(C)(C)C)ON4)cc3F)c(F)c2)NO1. The van der Waals surface area contributed by atoms with Gasteiger partial charge in [-0.2, -0.15) is 0 Å². The van der Waals surface area contributed by atoms with Gasteiger partial charge < -0.3 is 8.85 Å². The van der Waals surface area contributed by atoms with Gasteiger partial charge in [0.05, 0.1) is 24.6 Å². The van der Waals surface area contributed by atoms with Crippen LogP contribution in [-0.4, -0.2) is 42.1 Å². The summed E-state index contributed by atoms with van der Waals surface area (Å²) in [5.41, 5.74) is 8.70. The van der Waals surface area contributed by atoms with Crippen molar-refractivity contribution in [2.75, 3.05) is 13.2 Å². The summed E-state index contributed by atoms with van der Waals surface area (Å²) in [7, 11) is -3.84. The number of rotatable bonds is 9. The Morgan fingerprint density at radius 2 is 1.02 bits per heavy atom. The van der Waals surface area contributed by atoms with Crippen LogP contribution in [0.25, 0.3) is 22.5 Å². The summed E-state index contributed by atoms with van der Waals surface area (Å²) in [5, 5.41) is 0.191. The normalized spacial score (nSPS) is 19.8. The third-order valence-electron chi connectivity index (χ3n) is 9.03. The molecule has 2 aliphatic heterocycles. The zero-order valence-corrected chi connectivity index (χ0v) is 28.6. The van der Waals surface area contributed by atoms with E-state index in [4.69, 9.17) is 18.5 Å². The third-order valence-corrected chi connectivity index (χ3v) is 18.0. The smallest absolute Gasteiger partial charge is 0.192 e. The van der Waals surface area contributed by atoms with E-state index in [1.165, 1.54) is 12.1 Å². The van der Waals surface area contributed by atoms with Gasteiger partial charge >= 0.3 is 0 Å². The largest absolute Gasteiger partial charge is 0.414 e. The van der Waals surface area contributed by atoms with E-state index in [9.17, 15) is 0 Å². The summed E-state index contributed by atoms with van der Waals surface area (Å²) >= 11 is 0. The van der Waals surface area contributed by atoms with E-state index in [2.05, 4.69) is 78.7 Å². The molecule has 0 aliphatic carbocycles. The second kappa shape index (κ2) is 12.0. The molecule has 6 nitrogen and oxygen atoms in total. The van der Waals surface area contributed by atoms with Gasteiger partial charge in [-0.25, -0.2) is 8.78 Å². The molecule has 0 amide bonds. The van der Waals surface area contributed by atoms with Crippen LogP contribution >= 0.6 is 0 Å². The first-order valence-corrected chi connectivity index (χ1v) is 20.3. The zero-order valence-electron chi connectivity index (χ0n) is 26.6. The van der Waals surface area contributed by atoms with Gasteiger partial charge in [0.1, 0.15) is 23.8 Å². The lowest BCUT2D eigenvalue weighted by Crippen LogP contribution is -2.42. The number of benzene rings is 2. The van der Waals surface area contributed by atoms with E-state index in [0.717, 1.165) is 0 Å². The van der Waals surface area contributed by atoms with Gasteiger partial charge in [-0.3, -0.25) is 20.6 Å². The van der Waals surface area contributed by atoms with Crippen LogP contribution in [-0.2, 0) is 18.5 Å². The molecular weight excluding hydrogens is 571 g/mol. The van der Waals surface area contributed by atoms with Gasteiger partial charge in [-0.05, 0) is 60.5 Å². The molecule has 0 saturated heterocycles. The molecule has 0 spiro atoms. The van der Waals surface area contributed by atoms with Crippen LogP contribution in [0, 0.1) is 11.6 Å². The fourth-order valence-electron chi connectivity index (χ4n) is 4.08. The van der Waals surface area contributed by atoms with Crippen LogP contribution in [0.2, 0.25) is 36.3 Å². The maximum Gasteiger partial charge on any atom is 0.192 e. The van der Waals surface area contributed by atoms with Gasteiger partial charge in [-0.15, -0.1) is 0 Å². The average molecular weight is 617 g/mol. The molecule has 0 saturated carbocycles. The predicted octanol–water partition coefficient (Wildman–Crippen LogP) is 8.16. The molecule has 42 heavy (non-hydrogen) atoms. The number of hydrogen-bond acceptors (Lipinski definition) is 6. The van der Waals surface area contributed by atoms with Crippen molar-refractivity contribution in [3.05, 3.63) is 71.3 Å². The third kappa shape index (κ3) is 7.23. The first kappa shape index (κ1) is 32.6.